The van der Waals surface area contributed by atoms with Gasteiger partial charge in [0.05, 0.1) is 15.6 Å². The minimum absolute atomic E-state index is 0.0380. The van der Waals surface area contributed by atoms with E-state index in [1.807, 2.05) is 6.07 Å². The van der Waals surface area contributed by atoms with Gasteiger partial charge >= 0.3 is 6.09 Å². The molecule has 4 nitrogen and oxygen atoms in total. The molecule has 0 aliphatic heterocycles. The highest BCUT2D eigenvalue weighted by atomic mass is 79.9. The zero-order chi connectivity index (χ0) is 15.1. The van der Waals surface area contributed by atoms with E-state index >= 15 is 0 Å². The number of nitriles is 1. The van der Waals surface area contributed by atoms with Crippen molar-refractivity contribution < 1.29 is 13.9 Å². The van der Waals surface area contributed by atoms with Crippen molar-refractivity contribution in [2.24, 2.45) is 0 Å². The molecule has 104 valence electrons. The van der Waals surface area contributed by atoms with Crippen LogP contribution in [0.25, 0.3) is 10.9 Å². The lowest BCUT2D eigenvalue weighted by atomic mass is 10.1. The third kappa shape index (κ3) is 2.54. The first-order valence-electron chi connectivity index (χ1n) is 5.87. The molecular formula is C14H12BrFN2O2. The molecule has 1 aromatic heterocycles. The van der Waals surface area contributed by atoms with E-state index in [1.54, 1.807) is 26.8 Å². The lowest BCUT2D eigenvalue weighted by molar-refractivity contribution is 0.0543. The van der Waals surface area contributed by atoms with Crippen LogP contribution in [0.2, 0.25) is 0 Å². The average Bonchev–Trinajstić information content (AvgIpc) is 2.75. The first-order chi connectivity index (χ1) is 9.24. The summed E-state index contributed by atoms with van der Waals surface area (Å²) in [6, 6.07) is 4.97. The van der Waals surface area contributed by atoms with Gasteiger partial charge in [-0.3, -0.25) is 0 Å². The fourth-order valence-corrected chi connectivity index (χ4v) is 2.17. The Kier molecular flexibility index (Phi) is 3.57. The first kappa shape index (κ1) is 14.5. The van der Waals surface area contributed by atoms with Gasteiger partial charge in [0.25, 0.3) is 0 Å². The zero-order valence-electron chi connectivity index (χ0n) is 11.2. The third-order valence-corrected chi connectivity index (χ3v) is 3.34. The Morgan fingerprint density at radius 3 is 2.70 bits per heavy atom. The Balaban J connectivity index is 2.61. The second-order valence-corrected chi connectivity index (χ2v) is 6.06. The Bertz CT molecular complexity index is 738. The summed E-state index contributed by atoms with van der Waals surface area (Å²) in [6.07, 6.45) is 0.762. The van der Waals surface area contributed by atoms with Crippen LogP contribution >= 0.6 is 15.9 Å². The van der Waals surface area contributed by atoms with E-state index in [9.17, 15) is 9.18 Å². The molecule has 0 aliphatic rings. The highest BCUT2D eigenvalue weighted by Gasteiger charge is 2.22. The van der Waals surface area contributed by atoms with Crippen molar-refractivity contribution in [1.82, 2.24) is 4.57 Å². The van der Waals surface area contributed by atoms with Crippen molar-refractivity contribution in [1.29, 1.82) is 5.26 Å². The molecule has 0 unspecified atom stereocenters. The van der Waals surface area contributed by atoms with Crippen LogP contribution < -0.4 is 0 Å². The minimum atomic E-state index is -0.673. The molecule has 20 heavy (non-hydrogen) atoms. The summed E-state index contributed by atoms with van der Waals surface area (Å²) in [5, 5.41) is 9.39. The molecular weight excluding hydrogens is 327 g/mol. The zero-order valence-corrected chi connectivity index (χ0v) is 12.8. The van der Waals surface area contributed by atoms with Gasteiger partial charge in [-0.15, -0.1) is 0 Å². The molecule has 2 rings (SSSR count). The van der Waals surface area contributed by atoms with Gasteiger partial charge in [-0.05, 0) is 48.8 Å². The summed E-state index contributed by atoms with van der Waals surface area (Å²) in [5.41, 5.74) is -0.407. The maximum atomic E-state index is 14.3. The fourth-order valence-electron chi connectivity index (χ4n) is 1.78. The number of fused-ring (bicyclic) bond motifs is 1. The predicted molar refractivity (Wildman–Crippen MR) is 75.9 cm³/mol. The van der Waals surface area contributed by atoms with E-state index in [-0.39, 0.29) is 15.6 Å². The Labute approximate surface area is 123 Å². The number of benzene rings is 1. The smallest absolute Gasteiger partial charge is 0.419 e. The summed E-state index contributed by atoms with van der Waals surface area (Å²) in [4.78, 5) is 12.0. The monoisotopic (exact) mass is 338 g/mol. The van der Waals surface area contributed by atoms with Crippen molar-refractivity contribution >= 4 is 32.9 Å². The van der Waals surface area contributed by atoms with Gasteiger partial charge in [0.2, 0.25) is 0 Å². The van der Waals surface area contributed by atoms with E-state index in [2.05, 4.69) is 15.9 Å². The molecule has 0 fully saturated rings. The van der Waals surface area contributed by atoms with Crippen molar-refractivity contribution in [2.75, 3.05) is 0 Å². The maximum absolute atomic E-state index is 14.3. The quantitative estimate of drug-likeness (QED) is 0.723. The van der Waals surface area contributed by atoms with E-state index in [0.717, 1.165) is 4.57 Å². The molecule has 0 amide bonds. The number of halogens is 2. The molecule has 0 spiro atoms. The fraction of sp³-hybridized carbons (Fsp3) is 0.286. The largest absolute Gasteiger partial charge is 0.443 e. The molecule has 0 saturated carbocycles. The van der Waals surface area contributed by atoms with Crippen molar-refractivity contribution in [3.05, 3.63) is 34.2 Å². The normalized spacial score (nSPS) is 11.4. The van der Waals surface area contributed by atoms with E-state index in [0.29, 0.717) is 5.39 Å². The van der Waals surface area contributed by atoms with Gasteiger partial charge < -0.3 is 4.74 Å². The number of aromatic nitrogens is 1. The Morgan fingerprint density at radius 1 is 1.50 bits per heavy atom. The lowest BCUT2D eigenvalue weighted by Crippen LogP contribution is -2.26. The summed E-state index contributed by atoms with van der Waals surface area (Å²) in [7, 11) is 0. The number of hydrogen-bond acceptors (Lipinski definition) is 3. The molecule has 1 aromatic carbocycles. The predicted octanol–water partition coefficient (Wildman–Crippen LogP) is 4.20. The maximum Gasteiger partial charge on any atom is 0.419 e. The van der Waals surface area contributed by atoms with Gasteiger partial charge in [0.1, 0.15) is 11.7 Å². The van der Waals surface area contributed by atoms with Gasteiger partial charge in [-0.2, -0.15) is 5.26 Å². The van der Waals surface area contributed by atoms with Gasteiger partial charge in [0.15, 0.2) is 5.82 Å². The molecule has 0 atom stereocenters. The van der Waals surface area contributed by atoms with Gasteiger partial charge in [0, 0.05) is 11.6 Å². The van der Waals surface area contributed by atoms with Crippen LogP contribution in [0.1, 0.15) is 26.3 Å². The second kappa shape index (κ2) is 4.91. The highest BCUT2D eigenvalue weighted by molar-refractivity contribution is 9.10. The van der Waals surface area contributed by atoms with Crippen molar-refractivity contribution in [2.45, 2.75) is 26.4 Å². The molecule has 0 saturated heterocycles. The highest BCUT2D eigenvalue weighted by Crippen LogP contribution is 2.29. The molecule has 0 N–H and O–H groups in total. The molecule has 2 aromatic rings. The van der Waals surface area contributed by atoms with Crippen molar-refractivity contribution in [3.8, 4) is 6.07 Å². The number of hydrogen-bond donors (Lipinski definition) is 0. The minimum Gasteiger partial charge on any atom is -0.443 e. The summed E-state index contributed by atoms with van der Waals surface area (Å²) in [5.74, 6) is -0.657. The SMILES string of the molecule is CC(C)(C)OC(=O)n1ccc2cc(C#N)c(Br)c(F)c21. The number of ether oxygens (including phenoxy) is 1. The molecule has 6 heteroatoms. The van der Waals surface area contributed by atoms with Crippen LogP contribution in [0, 0.1) is 17.1 Å². The van der Waals surface area contributed by atoms with Crippen LogP contribution in [0.4, 0.5) is 9.18 Å². The van der Waals surface area contributed by atoms with E-state index in [1.165, 1.54) is 12.3 Å². The summed E-state index contributed by atoms with van der Waals surface area (Å²) in [6.45, 7) is 5.20. The third-order valence-electron chi connectivity index (χ3n) is 2.57. The lowest BCUT2D eigenvalue weighted by Gasteiger charge is -2.20. The molecule has 1 heterocycles. The number of rotatable bonds is 0. The molecule has 0 radical (unpaired) electrons. The number of carbonyl (C=O) groups is 1. The standard InChI is InChI=1S/C14H12BrFN2O2/c1-14(2,3)20-13(19)18-5-4-8-6-9(7-17)10(15)11(16)12(8)18/h4-6H,1-3H3. The number of carbonyl (C=O) groups excluding carboxylic acids is 1. The van der Waals surface area contributed by atoms with Crippen LogP contribution in [0.5, 0.6) is 0 Å². The molecule has 0 bridgehead atoms. The Hall–Kier alpha value is -1.87. The first-order valence-corrected chi connectivity index (χ1v) is 6.66. The van der Waals surface area contributed by atoms with Crippen LogP contribution in [-0.4, -0.2) is 16.3 Å². The molecule has 0 aliphatic carbocycles. The Morgan fingerprint density at radius 2 is 2.15 bits per heavy atom. The van der Waals surface area contributed by atoms with Crippen LogP contribution in [0.15, 0.2) is 22.8 Å². The van der Waals surface area contributed by atoms with Crippen molar-refractivity contribution in [3.63, 3.8) is 0 Å². The van der Waals surface area contributed by atoms with Crippen LogP contribution in [0.3, 0.4) is 0 Å². The topological polar surface area (TPSA) is 55.0 Å². The van der Waals surface area contributed by atoms with E-state index in [4.69, 9.17) is 10.00 Å². The number of nitrogens with zero attached hydrogens (tertiary/aromatic N) is 2. The van der Waals surface area contributed by atoms with Gasteiger partial charge in [-0.25, -0.2) is 13.8 Å². The second-order valence-electron chi connectivity index (χ2n) is 5.27. The van der Waals surface area contributed by atoms with E-state index < -0.39 is 17.5 Å². The average molecular weight is 339 g/mol. The summed E-state index contributed by atoms with van der Waals surface area (Å²) < 4.78 is 20.7. The van der Waals surface area contributed by atoms with Crippen LogP contribution in [-0.2, 0) is 4.74 Å². The van der Waals surface area contributed by atoms with Gasteiger partial charge in [-0.1, -0.05) is 0 Å². The summed E-state index contributed by atoms with van der Waals surface area (Å²) >= 11 is 3.03.